The van der Waals surface area contributed by atoms with Gasteiger partial charge in [-0.1, -0.05) is 0 Å². The number of hydroxylamine groups is 2. The zero-order chi connectivity index (χ0) is 20.0. The van der Waals surface area contributed by atoms with Crippen molar-refractivity contribution < 1.29 is 24.0 Å². The molecule has 10 heteroatoms. The lowest BCUT2D eigenvalue weighted by Crippen LogP contribution is -2.47. The molecule has 1 aromatic heterocycles. The maximum Gasteiger partial charge on any atom is 0.408 e. The molecule has 150 valence electrons. The van der Waals surface area contributed by atoms with E-state index < -0.39 is 23.3 Å². The maximum absolute atomic E-state index is 12.1. The molecule has 0 radical (unpaired) electrons. The molecule has 1 aromatic rings. The standard InChI is InChI=1S/C17H27N5O5/c1-16(2,3)27-14(23)18-17(4,5)8-12-19-20-13(26-12)11-7-6-10-9-21(11)15(24)22(10)25/h10-11,25H,6-9H2,1-5H3,(H,18,23). The molecule has 3 amide bonds. The molecule has 2 fully saturated rings. The highest BCUT2D eigenvalue weighted by atomic mass is 16.6. The number of nitrogens with one attached hydrogen (secondary N) is 1. The van der Waals surface area contributed by atoms with E-state index in [4.69, 9.17) is 9.15 Å². The van der Waals surface area contributed by atoms with Crippen molar-refractivity contribution in [2.45, 2.75) is 77.1 Å². The lowest BCUT2D eigenvalue weighted by molar-refractivity contribution is -0.0584. The average Bonchev–Trinajstić information content (AvgIpc) is 3.05. The van der Waals surface area contributed by atoms with E-state index in [2.05, 4.69) is 15.5 Å². The average molecular weight is 381 g/mol. The van der Waals surface area contributed by atoms with Crippen molar-refractivity contribution in [2.24, 2.45) is 0 Å². The zero-order valence-electron chi connectivity index (χ0n) is 16.4. The Morgan fingerprint density at radius 3 is 2.67 bits per heavy atom. The largest absolute Gasteiger partial charge is 0.444 e. The SMILES string of the molecule is CC(C)(Cc1nnc(C2CCC3CN2C(=O)N3O)o1)NC(=O)OC(C)(C)C. The van der Waals surface area contributed by atoms with Gasteiger partial charge in [-0.2, -0.15) is 0 Å². The number of ether oxygens (including phenoxy) is 1. The van der Waals surface area contributed by atoms with Gasteiger partial charge in [0.25, 0.3) is 0 Å². The molecule has 2 bridgehead atoms. The van der Waals surface area contributed by atoms with E-state index in [0.29, 0.717) is 37.6 Å². The molecule has 10 nitrogen and oxygen atoms in total. The number of amides is 3. The minimum Gasteiger partial charge on any atom is -0.444 e. The van der Waals surface area contributed by atoms with Gasteiger partial charge in [0, 0.05) is 18.5 Å². The van der Waals surface area contributed by atoms with Crippen LogP contribution in [0.15, 0.2) is 4.42 Å². The first kappa shape index (κ1) is 19.4. The van der Waals surface area contributed by atoms with Crippen LogP contribution in [-0.4, -0.2) is 61.2 Å². The topological polar surface area (TPSA) is 121 Å². The fourth-order valence-corrected chi connectivity index (χ4v) is 3.38. The van der Waals surface area contributed by atoms with E-state index in [0.717, 1.165) is 5.06 Å². The van der Waals surface area contributed by atoms with Gasteiger partial charge in [0.05, 0.1) is 6.04 Å². The fraction of sp³-hybridized carbons (Fsp3) is 0.765. The summed E-state index contributed by atoms with van der Waals surface area (Å²) in [5.74, 6) is 0.709. The van der Waals surface area contributed by atoms with Gasteiger partial charge in [0.1, 0.15) is 11.6 Å². The van der Waals surface area contributed by atoms with Crippen LogP contribution in [0.1, 0.15) is 65.3 Å². The Morgan fingerprint density at radius 2 is 2.00 bits per heavy atom. The molecule has 2 aliphatic rings. The zero-order valence-corrected chi connectivity index (χ0v) is 16.4. The molecule has 2 unspecified atom stereocenters. The molecular formula is C17H27N5O5. The van der Waals surface area contributed by atoms with E-state index in [1.54, 1.807) is 25.7 Å². The molecule has 2 aliphatic heterocycles. The number of urea groups is 1. The van der Waals surface area contributed by atoms with E-state index in [1.165, 1.54) is 0 Å². The predicted octanol–water partition coefficient (Wildman–Crippen LogP) is 2.25. The number of piperidine rings is 1. The smallest absolute Gasteiger partial charge is 0.408 e. The van der Waals surface area contributed by atoms with Gasteiger partial charge in [-0.05, 0) is 47.5 Å². The first-order chi connectivity index (χ1) is 12.5. The van der Waals surface area contributed by atoms with E-state index in [9.17, 15) is 14.8 Å². The van der Waals surface area contributed by atoms with Crippen LogP contribution in [-0.2, 0) is 11.2 Å². The highest BCUT2D eigenvalue weighted by Gasteiger charge is 2.46. The summed E-state index contributed by atoms with van der Waals surface area (Å²) < 4.78 is 11.0. The second-order valence-electron chi connectivity index (χ2n) is 8.75. The van der Waals surface area contributed by atoms with E-state index in [1.807, 2.05) is 13.8 Å². The van der Waals surface area contributed by atoms with Crippen LogP contribution in [0.2, 0.25) is 0 Å². The van der Waals surface area contributed by atoms with Crippen molar-refractivity contribution in [2.75, 3.05) is 6.54 Å². The molecule has 3 heterocycles. The van der Waals surface area contributed by atoms with Crippen molar-refractivity contribution >= 4 is 12.1 Å². The van der Waals surface area contributed by atoms with E-state index >= 15 is 0 Å². The number of carbonyl (C=O) groups is 2. The second-order valence-corrected chi connectivity index (χ2v) is 8.75. The van der Waals surface area contributed by atoms with E-state index in [-0.39, 0.29) is 12.1 Å². The molecule has 0 saturated carbocycles. The normalized spacial score (nSPS) is 23.0. The summed E-state index contributed by atoms with van der Waals surface area (Å²) in [5.41, 5.74) is -1.24. The molecule has 3 rings (SSSR count). The first-order valence-electron chi connectivity index (χ1n) is 9.07. The third-order valence-electron chi connectivity index (χ3n) is 4.54. The third-order valence-corrected chi connectivity index (χ3v) is 4.54. The molecule has 27 heavy (non-hydrogen) atoms. The number of hydrogen-bond donors (Lipinski definition) is 2. The quantitative estimate of drug-likeness (QED) is 0.767. The molecule has 2 N–H and O–H groups in total. The predicted molar refractivity (Wildman–Crippen MR) is 92.9 cm³/mol. The van der Waals surface area contributed by atoms with Crippen molar-refractivity contribution in [1.82, 2.24) is 25.5 Å². The first-order valence-corrected chi connectivity index (χ1v) is 9.07. The van der Waals surface area contributed by atoms with Crippen LogP contribution >= 0.6 is 0 Å². The number of rotatable bonds is 4. The maximum atomic E-state index is 12.1. The van der Waals surface area contributed by atoms with Crippen LogP contribution in [0.5, 0.6) is 0 Å². The van der Waals surface area contributed by atoms with Crippen LogP contribution < -0.4 is 5.32 Å². The molecule has 0 aromatic carbocycles. The summed E-state index contributed by atoms with van der Waals surface area (Å²) in [4.78, 5) is 25.6. The summed E-state index contributed by atoms with van der Waals surface area (Å²) in [6.45, 7) is 9.51. The summed E-state index contributed by atoms with van der Waals surface area (Å²) in [7, 11) is 0. The van der Waals surface area contributed by atoms with Crippen molar-refractivity contribution in [3.8, 4) is 0 Å². The lowest BCUT2D eigenvalue weighted by Gasteiger charge is -2.28. The van der Waals surface area contributed by atoms with Gasteiger partial charge < -0.3 is 19.4 Å². The van der Waals surface area contributed by atoms with Crippen LogP contribution in [0, 0.1) is 0 Å². The van der Waals surface area contributed by atoms with Crippen LogP contribution in [0.3, 0.4) is 0 Å². The fourth-order valence-electron chi connectivity index (χ4n) is 3.38. The monoisotopic (exact) mass is 381 g/mol. The Morgan fingerprint density at radius 1 is 1.30 bits per heavy atom. The van der Waals surface area contributed by atoms with Gasteiger partial charge in [0.15, 0.2) is 0 Å². The molecule has 0 spiro atoms. The van der Waals surface area contributed by atoms with Crippen molar-refractivity contribution in [1.29, 1.82) is 0 Å². The summed E-state index contributed by atoms with van der Waals surface area (Å²) in [6.07, 6.45) is 1.12. The molecular weight excluding hydrogens is 354 g/mol. The number of fused-ring (bicyclic) bond motifs is 2. The highest BCUT2D eigenvalue weighted by molar-refractivity contribution is 5.76. The second kappa shape index (κ2) is 6.66. The molecule has 2 atom stereocenters. The van der Waals surface area contributed by atoms with Crippen LogP contribution in [0.4, 0.5) is 9.59 Å². The Kier molecular flexibility index (Phi) is 4.79. The van der Waals surface area contributed by atoms with Crippen molar-refractivity contribution in [3.63, 3.8) is 0 Å². The van der Waals surface area contributed by atoms with Gasteiger partial charge in [-0.15, -0.1) is 10.2 Å². The minimum atomic E-state index is -0.658. The van der Waals surface area contributed by atoms with Gasteiger partial charge in [-0.25, -0.2) is 14.7 Å². The third kappa shape index (κ3) is 4.32. The Hall–Kier alpha value is -2.36. The minimum absolute atomic E-state index is 0.173. The van der Waals surface area contributed by atoms with Gasteiger partial charge >= 0.3 is 12.1 Å². The Bertz CT molecular complexity index is 726. The highest BCUT2D eigenvalue weighted by Crippen LogP contribution is 2.37. The molecule has 2 saturated heterocycles. The summed E-state index contributed by atoms with van der Waals surface area (Å²) in [6, 6.07) is -0.948. The summed E-state index contributed by atoms with van der Waals surface area (Å²) in [5, 5.41) is 21.5. The van der Waals surface area contributed by atoms with Gasteiger partial charge in [0.2, 0.25) is 11.8 Å². The Labute approximate surface area is 157 Å². The number of alkyl carbamates (subject to hydrolysis) is 1. The number of aromatic nitrogens is 2. The number of carbonyl (C=O) groups excluding carboxylic acids is 2. The van der Waals surface area contributed by atoms with Crippen molar-refractivity contribution in [3.05, 3.63) is 11.8 Å². The molecule has 0 aliphatic carbocycles. The van der Waals surface area contributed by atoms with Crippen LogP contribution in [0.25, 0.3) is 0 Å². The number of nitrogens with zero attached hydrogens (tertiary/aromatic N) is 4. The number of hydrogen-bond acceptors (Lipinski definition) is 7. The Balaban J connectivity index is 1.64. The summed E-state index contributed by atoms with van der Waals surface area (Å²) >= 11 is 0. The lowest BCUT2D eigenvalue weighted by atomic mass is 10.0. The van der Waals surface area contributed by atoms with Gasteiger partial charge in [-0.3, -0.25) is 5.21 Å².